The molecule has 0 aromatic heterocycles. The molecule has 3 nitrogen and oxygen atoms in total. The molecule has 1 aliphatic rings. The average Bonchev–Trinajstić information content (AvgIpc) is 2.38. The molecule has 0 radical (unpaired) electrons. The lowest BCUT2D eigenvalue weighted by Crippen LogP contribution is -2.30. The van der Waals surface area contributed by atoms with Gasteiger partial charge in [0.05, 0.1) is 6.61 Å². The fraction of sp³-hybridized carbons (Fsp3) is 0.417. The number of benzene rings is 1. The first-order valence-electron chi connectivity index (χ1n) is 5.63. The van der Waals surface area contributed by atoms with Crippen molar-refractivity contribution in [1.29, 1.82) is 0 Å². The predicted octanol–water partition coefficient (Wildman–Crippen LogP) is 1.65. The van der Waals surface area contributed by atoms with E-state index in [-0.39, 0.29) is 12.4 Å². The Hall–Kier alpha value is -1.07. The van der Waals surface area contributed by atoms with Gasteiger partial charge in [0.15, 0.2) is 0 Å². The van der Waals surface area contributed by atoms with Crippen molar-refractivity contribution in [3.05, 3.63) is 29.6 Å². The van der Waals surface area contributed by atoms with Crippen LogP contribution in [-0.2, 0) is 0 Å². The fourth-order valence-electron chi connectivity index (χ4n) is 1.65. The highest BCUT2D eigenvalue weighted by Crippen LogP contribution is 2.22. The summed E-state index contributed by atoms with van der Waals surface area (Å²) < 4.78 is 13.7. The molecule has 0 bridgehead atoms. The van der Waals surface area contributed by atoms with Gasteiger partial charge in [-0.25, -0.2) is 4.39 Å². The van der Waals surface area contributed by atoms with Crippen molar-refractivity contribution in [3.63, 3.8) is 0 Å². The van der Waals surface area contributed by atoms with E-state index in [1.165, 1.54) is 17.8 Å². The molecule has 0 aliphatic carbocycles. The van der Waals surface area contributed by atoms with Crippen LogP contribution < -0.4 is 5.32 Å². The summed E-state index contributed by atoms with van der Waals surface area (Å²) in [6.45, 7) is 1.74. The average molecular weight is 254 g/mol. The van der Waals surface area contributed by atoms with E-state index in [1.54, 1.807) is 6.07 Å². The minimum absolute atomic E-state index is 0.0557. The van der Waals surface area contributed by atoms with E-state index < -0.39 is 0 Å². The maximum atomic E-state index is 13.7. The number of hydrogen-bond acceptors (Lipinski definition) is 4. The fourth-order valence-corrected chi connectivity index (χ4v) is 2.32. The zero-order valence-electron chi connectivity index (χ0n) is 9.45. The molecule has 0 unspecified atom stereocenters. The zero-order valence-corrected chi connectivity index (χ0v) is 10.3. The lowest BCUT2D eigenvalue weighted by molar-refractivity contribution is 0.322. The van der Waals surface area contributed by atoms with Crippen LogP contribution in [0.15, 0.2) is 28.1 Å². The van der Waals surface area contributed by atoms with E-state index in [1.807, 2.05) is 6.07 Å². The van der Waals surface area contributed by atoms with Gasteiger partial charge in [-0.1, -0.05) is 0 Å². The van der Waals surface area contributed by atoms with Gasteiger partial charge in [0.25, 0.3) is 0 Å². The van der Waals surface area contributed by atoms with Crippen molar-refractivity contribution in [1.82, 2.24) is 5.32 Å². The molecule has 0 saturated heterocycles. The first kappa shape index (κ1) is 12.4. The Balaban J connectivity index is 2.15. The Bertz CT molecular complexity index is 423. The van der Waals surface area contributed by atoms with E-state index in [2.05, 4.69) is 10.3 Å². The van der Waals surface area contributed by atoms with Crippen LogP contribution >= 0.6 is 11.8 Å². The third-order valence-electron chi connectivity index (χ3n) is 2.45. The lowest BCUT2D eigenvalue weighted by atomic mass is 10.2. The molecule has 0 saturated carbocycles. The van der Waals surface area contributed by atoms with E-state index in [0.717, 1.165) is 30.9 Å². The number of nitrogens with one attached hydrogen (secondary N) is 1. The third kappa shape index (κ3) is 3.20. The van der Waals surface area contributed by atoms with Gasteiger partial charge in [0, 0.05) is 29.3 Å². The molecule has 1 aliphatic heterocycles. The number of amidine groups is 1. The Kier molecular flexibility index (Phi) is 4.39. The summed E-state index contributed by atoms with van der Waals surface area (Å²) in [5.41, 5.74) is 0.788. The SMILES string of the molecule is OCCSc1ccc(C2=NCCCN2)cc1F. The largest absolute Gasteiger partial charge is 0.396 e. The number of aliphatic hydroxyl groups excluding tert-OH is 1. The highest BCUT2D eigenvalue weighted by atomic mass is 32.2. The van der Waals surface area contributed by atoms with E-state index in [4.69, 9.17) is 5.11 Å². The second-order valence-corrected chi connectivity index (χ2v) is 4.86. The van der Waals surface area contributed by atoms with Gasteiger partial charge in [-0.2, -0.15) is 0 Å². The second kappa shape index (κ2) is 6.02. The molecule has 1 heterocycles. The Morgan fingerprint density at radius 2 is 2.35 bits per heavy atom. The number of aliphatic hydroxyl groups is 1. The summed E-state index contributed by atoms with van der Waals surface area (Å²) in [4.78, 5) is 4.89. The van der Waals surface area contributed by atoms with Crippen LogP contribution in [-0.4, -0.2) is 36.4 Å². The molecule has 17 heavy (non-hydrogen) atoms. The topological polar surface area (TPSA) is 44.6 Å². The first-order valence-corrected chi connectivity index (χ1v) is 6.62. The van der Waals surface area contributed by atoms with E-state index >= 15 is 0 Å². The molecule has 5 heteroatoms. The van der Waals surface area contributed by atoms with Crippen LogP contribution in [0.3, 0.4) is 0 Å². The number of halogens is 1. The van der Waals surface area contributed by atoms with Gasteiger partial charge >= 0.3 is 0 Å². The Morgan fingerprint density at radius 3 is 3.00 bits per heavy atom. The summed E-state index contributed by atoms with van der Waals surface area (Å²) in [5, 5.41) is 11.9. The minimum atomic E-state index is -0.254. The smallest absolute Gasteiger partial charge is 0.137 e. The molecule has 0 fully saturated rings. The monoisotopic (exact) mass is 254 g/mol. The molecule has 0 amide bonds. The molecule has 1 aromatic carbocycles. The lowest BCUT2D eigenvalue weighted by Gasteiger charge is -2.15. The van der Waals surface area contributed by atoms with Gasteiger partial charge in [-0.15, -0.1) is 11.8 Å². The van der Waals surface area contributed by atoms with Crippen LogP contribution in [0.4, 0.5) is 4.39 Å². The van der Waals surface area contributed by atoms with Crippen molar-refractivity contribution in [2.45, 2.75) is 11.3 Å². The van der Waals surface area contributed by atoms with Crippen LogP contribution in [0, 0.1) is 5.82 Å². The Labute approximate surface area is 104 Å². The highest BCUT2D eigenvalue weighted by molar-refractivity contribution is 7.99. The van der Waals surface area contributed by atoms with Crippen molar-refractivity contribution in [3.8, 4) is 0 Å². The van der Waals surface area contributed by atoms with Crippen LogP contribution in [0.1, 0.15) is 12.0 Å². The highest BCUT2D eigenvalue weighted by Gasteiger charge is 2.10. The third-order valence-corrected chi connectivity index (χ3v) is 3.48. The number of nitrogens with zero attached hydrogens (tertiary/aromatic N) is 1. The molecule has 2 rings (SSSR count). The van der Waals surface area contributed by atoms with Crippen LogP contribution in [0.5, 0.6) is 0 Å². The van der Waals surface area contributed by atoms with E-state index in [9.17, 15) is 4.39 Å². The van der Waals surface area contributed by atoms with Gasteiger partial charge in [-0.3, -0.25) is 4.99 Å². The molecule has 0 spiro atoms. The van der Waals surface area contributed by atoms with Gasteiger partial charge in [-0.05, 0) is 24.6 Å². The van der Waals surface area contributed by atoms with Crippen molar-refractivity contribution in [2.24, 2.45) is 4.99 Å². The summed E-state index contributed by atoms with van der Waals surface area (Å²) in [6.07, 6.45) is 1.02. The standard InChI is InChI=1S/C12H15FN2OS/c13-10-8-9(12-14-4-1-5-15-12)2-3-11(10)17-7-6-16/h2-3,8,16H,1,4-7H2,(H,14,15). The van der Waals surface area contributed by atoms with Crippen molar-refractivity contribution in [2.75, 3.05) is 25.4 Å². The van der Waals surface area contributed by atoms with Crippen molar-refractivity contribution >= 4 is 17.6 Å². The molecule has 92 valence electrons. The summed E-state index contributed by atoms with van der Waals surface area (Å²) in [6, 6.07) is 5.10. The number of aliphatic imine (C=N–C) groups is 1. The van der Waals surface area contributed by atoms with Gasteiger partial charge < -0.3 is 10.4 Å². The summed E-state index contributed by atoms with van der Waals surface area (Å²) >= 11 is 1.32. The van der Waals surface area contributed by atoms with E-state index in [0.29, 0.717) is 10.6 Å². The van der Waals surface area contributed by atoms with Gasteiger partial charge in [0.1, 0.15) is 11.7 Å². The molecular formula is C12H15FN2OS. The minimum Gasteiger partial charge on any atom is -0.396 e. The van der Waals surface area contributed by atoms with Gasteiger partial charge in [0.2, 0.25) is 0 Å². The first-order chi connectivity index (χ1) is 8.31. The Morgan fingerprint density at radius 1 is 1.47 bits per heavy atom. The van der Waals surface area contributed by atoms with Crippen molar-refractivity contribution < 1.29 is 9.50 Å². The van der Waals surface area contributed by atoms with Crippen LogP contribution in [0.2, 0.25) is 0 Å². The normalized spacial score (nSPS) is 15.3. The number of thioether (sulfide) groups is 1. The maximum Gasteiger partial charge on any atom is 0.137 e. The number of rotatable bonds is 4. The molecule has 1 aromatic rings. The predicted molar refractivity (Wildman–Crippen MR) is 68.2 cm³/mol. The molecular weight excluding hydrogens is 239 g/mol. The summed E-state index contributed by atoms with van der Waals surface area (Å²) in [7, 11) is 0. The zero-order chi connectivity index (χ0) is 12.1. The second-order valence-electron chi connectivity index (χ2n) is 3.73. The molecule has 2 N–H and O–H groups in total. The quantitative estimate of drug-likeness (QED) is 0.803. The maximum absolute atomic E-state index is 13.7. The molecule has 0 atom stereocenters. The summed E-state index contributed by atoms with van der Waals surface area (Å²) in [5.74, 6) is 1.03. The van der Waals surface area contributed by atoms with Crippen LogP contribution in [0.25, 0.3) is 0 Å². The number of hydrogen-bond donors (Lipinski definition) is 2.